The van der Waals surface area contributed by atoms with E-state index in [1.165, 1.54) is 5.06 Å². The van der Waals surface area contributed by atoms with E-state index in [9.17, 15) is 38.4 Å². The zero-order valence-electron chi connectivity index (χ0n) is 44.4. The SMILES string of the molecule is CC[C@H](C)[C@@H]([C@@H](CC(=O)N1CCC[C@H]1[C@H](OC)[C@@H](C)C(=O)C[C@@]1(C(=O)N2CCCCO2)C[C@@H]1c1ccccc1)OC)N(C)C(=O)[C@@H](CC(=O)[C@H](C(C)C)N(C)CCCC(=O)ON1C(=O)CCC1=O)C(C)C. The Morgan fingerprint density at radius 3 is 2.10 bits per heavy atom. The quantitative estimate of drug-likeness (QED) is 0.0912. The number of methoxy groups -OCH3 is 2. The Morgan fingerprint density at radius 1 is 0.845 bits per heavy atom. The Balaban J connectivity index is 1.24. The molecule has 0 radical (unpaired) electrons. The second kappa shape index (κ2) is 25.9. The van der Waals surface area contributed by atoms with Crippen molar-refractivity contribution >= 4 is 47.1 Å². The molecular formula is C54H83N5O12. The van der Waals surface area contributed by atoms with Gasteiger partial charge in [0.25, 0.3) is 17.7 Å². The number of ketones is 2. The summed E-state index contributed by atoms with van der Waals surface area (Å²) in [4.78, 5) is 125. The van der Waals surface area contributed by atoms with Gasteiger partial charge in [-0.15, -0.1) is 5.06 Å². The highest BCUT2D eigenvalue weighted by molar-refractivity contribution is 6.01. The molecule has 10 atom stereocenters. The van der Waals surface area contributed by atoms with E-state index >= 15 is 0 Å². The van der Waals surface area contributed by atoms with E-state index in [1.807, 2.05) is 88.6 Å². The van der Waals surface area contributed by atoms with Gasteiger partial charge in [0, 0.05) is 78.3 Å². The first-order valence-electron chi connectivity index (χ1n) is 26.2. The van der Waals surface area contributed by atoms with Crippen LogP contribution in [0, 0.1) is 35.0 Å². The molecule has 1 aliphatic carbocycles. The van der Waals surface area contributed by atoms with Crippen LogP contribution in [0.15, 0.2) is 30.3 Å². The molecule has 5 amide bonds. The Hall–Kier alpha value is -4.58. The van der Waals surface area contributed by atoms with Gasteiger partial charge in [-0.25, -0.2) is 9.86 Å². The van der Waals surface area contributed by atoms with Crippen LogP contribution in [-0.4, -0.2) is 157 Å². The second-order valence-electron chi connectivity index (χ2n) is 21.3. The maximum absolute atomic E-state index is 14.7. The number of nitrogens with zero attached hydrogens (tertiary/aromatic N) is 5. The van der Waals surface area contributed by atoms with Crippen LogP contribution in [0.25, 0.3) is 0 Å². The number of ether oxygens (including phenoxy) is 2. The van der Waals surface area contributed by atoms with Gasteiger partial charge in [-0.05, 0) is 81.4 Å². The third-order valence-electron chi connectivity index (χ3n) is 15.8. The average Bonchev–Trinajstić information content (AvgIpc) is 3.71. The molecule has 4 fully saturated rings. The molecule has 0 spiro atoms. The summed E-state index contributed by atoms with van der Waals surface area (Å²) in [7, 11) is 6.66. The lowest BCUT2D eigenvalue weighted by molar-refractivity contribution is -0.203. The fourth-order valence-corrected chi connectivity index (χ4v) is 11.5. The van der Waals surface area contributed by atoms with E-state index in [1.54, 1.807) is 33.2 Å². The number of likely N-dealkylation sites (N-methyl/N-ethyl adjacent to an activating group) is 2. The molecule has 17 heteroatoms. The lowest BCUT2D eigenvalue weighted by Crippen LogP contribution is -2.54. The molecule has 3 heterocycles. The van der Waals surface area contributed by atoms with Crippen LogP contribution in [0.4, 0.5) is 0 Å². The minimum Gasteiger partial charge on any atom is -0.379 e. The van der Waals surface area contributed by atoms with Crippen molar-refractivity contribution in [3.63, 3.8) is 0 Å². The number of hydroxylamine groups is 4. The van der Waals surface area contributed by atoms with Crippen LogP contribution in [0.3, 0.4) is 0 Å². The van der Waals surface area contributed by atoms with Gasteiger partial charge in [-0.2, -0.15) is 0 Å². The number of benzene rings is 1. The Bertz CT molecular complexity index is 2010. The van der Waals surface area contributed by atoms with Crippen molar-refractivity contribution in [1.29, 1.82) is 0 Å². The molecule has 71 heavy (non-hydrogen) atoms. The van der Waals surface area contributed by atoms with Crippen molar-refractivity contribution in [3.05, 3.63) is 35.9 Å². The van der Waals surface area contributed by atoms with Crippen LogP contribution >= 0.6 is 0 Å². The van der Waals surface area contributed by atoms with Crippen LogP contribution < -0.4 is 0 Å². The van der Waals surface area contributed by atoms with E-state index in [2.05, 4.69) is 0 Å². The largest absolute Gasteiger partial charge is 0.379 e. The Kier molecular flexibility index (Phi) is 20.9. The molecule has 3 aliphatic heterocycles. The van der Waals surface area contributed by atoms with Crippen molar-refractivity contribution < 1.29 is 57.5 Å². The maximum Gasteiger partial charge on any atom is 0.333 e. The second-order valence-corrected chi connectivity index (χ2v) is 21.3. The third kappa shape index (κ3) is 13.7. The molecule has 0 N–H and O–H groups in total. The molecule has 5 rings (SSSR count). The zero-order valence-corrected chi connectivity index (χ0v) is 44.4. The fourth-order valence-electron chi connectivity index (χ4n) is 11.5. The normalized spacial score (nSPS) is 23.4. The van der Waals surface area contributed by atoms with E-state index in [4.69, 9.17) is 19.1 Å². The Labute approximate surface area is 421 Å². The van der Waals surface area contributed by atoms with Gasteiger partial charge in [0.15, 0.2) is 5.78 Å². The molecule has 0 bridgehead atoms. The number of carbonyl (C=O) groups is 8. The Morgan fingerprint density at radius 2 is 1.52 bits per heavy atom. The van der Waals surface area contributed by atoms with Crippen LogP contribution in [0.2, 0.25) is 0 Å². The molecule has 1 aromatic carbocycles. The summed E-state index contributed by atoms with van der Waals surface area (Å²) in [6, 6.07) is 8.39. The summed E-state index contributed by atoms with van der Waals surface area (Å²) >= 11 is 0. The molecule has 396 valence electrons. The molecule has 3 saturated heterocycles. The molecule has 1 saturated carbocycles. The number of hydrogen-bond acceptors (Lipinski definition) is 13. The lowest BCUT2D eigenvalue weighted by Gasteiger charge is -2.41. The number of likely N-dealkylation sites (tertiary alicyclic amines) is 1. The zero-order chi connectivity index (χ0) is 52.3. The number of Topliss-reactive ketones (excluding diaryl/α,β-unsaturated/α-hetero) is 2. The van der Waals surface area contributed by atoms with Crippen molar-refractivity contribution in [2.24, 2.45) is 35.0 Å². The smallest absolute Gasteiger partial charge is 0.333 e. The number of amides is 5. The van der Waals surface area contributed by atoms with Gasteiger partial charge in [-0.3, -0.25) is 43.3 Å². The predicted molar refractivity (Wildman–Crippen MR) is 264 cm³/mol. The number of rotatable bonds is 27. The number of imide groups is 1. The van der Waals surface area contributed by atoms with Gasteiger partial charge in [0.1, 0.15) is 5.78 Å². The minimum absolute atomic E-state index is 0.00782. The molecule has 17 nitrogen and oxygen atoms in total. The summed E-state index contributed by atoms with van der Waals surface area (Å²) in [6.07, 6.45) is 3.29. The van der Waals surface area contributed by atoms with Gasteiger partial charge in [-0.1, -0.05) is 85.2 Å². The van der Waals surface area contributed by atoms with E-state index in [0.29, 0.717) is 57.0 Å². The maximum atomic E-state index is 14.7. The highest BCUT2D eigenvalue weighted by Gasteiger charge is 2.63. The summed E-state index contributed by atoms with van der Waals surface area (Å²) < 4.78 is 12.3. The first-order chi connectivity index (χ1) is 33.7. The summed E-state index contributed by atoms with van der Waals surface area (Å²) in [5.41, 5.74) is 0.107. The van der Waals surface area contributed by atoms with Crippen molar-refractivity contribution in [2.75, 3.05) is 54.6 Å². The van der Waals surface area contributed by atoms with E-state index in [0.717, 1.165) is 24.8 Å². The average molecular weight is 994 g/mol. The van der Waals surface area contributed by atoms with Crippen molar-refractivity contribution in [1.82, 2.24) is 24.8 Å². The number of carbonyl (C=O) groups excluding carboxylic acids is 8. The van der Waals surface area contributed by atoms with Gasteiger partial charge in [0.05, 0.1) is 48.8 Å². The molecular weight excluding hydrogens is 911 g/mol. The summed E-state index contributed by atoms with van der Waals surface area (Å²) in [5, 5.41) is 1.99. The molecule has 0 aromatic heterocycles. The van der Waals surface area contributed by atoms with E-state index in [-0.39, 0.29) is 91.5 Å². The predicted octanol–water partition coefficient (Wildman–Crippen LogP) is 6.17. The van der Waals surface area contributed by atoms with Crippen molar-refractivity contribution in [2.45, 2.75) is 168 Å². The summed E-state index contributed by atoms with van der Waals surface area (Å²) in [5.74, 6) is -4.32. The standard InChI is InChI=1S/C54H83N5O12/c1-12-36(6)50(56(9)52(66)39(34(2)3)30-42(60)49(35(4)5)55(8)26-19-23-48(65)71-59-45(62)24-25-46(59)63)44(68-10)31-47(64)57-27-18-22-41(57)51(69-11)37(7)43(61)33-54(53(67)58-28-16-17-29-70-58)32-40(54)38-20-14-13-15-21-38/h13-15,20-21,34-37,39-41,44,49-51H,12,16-19,22-33H2,1-11H3/t36-,37-,39-,40+,41-,44+,49-,50-,51+,54-/m0/s1. The van der Waals surface area contributed by atoms with Crippen molar-refractivity contribution in [3.8, 4) is 0 Å². The van der Waals surface area contributed by atoms with Crippen LogP contribution in [0.5, 0.6) is 0 Å². The molecule has 1 aromatic rings. The molecule has 0 unspecified atom stereocenters. The number of hydrogen-bond donors (Lipinski definition) is 0. The highest BCUT2D eigenvalue weighted by atomic mass is 16.7. The topological polar surface area (TPSA) is 190 Å². The van der Waals surface area contributed by atoms with Gasteiger partial charge < -0.3 is 24.1 Å². The van der Waals surface area contributed by atoms with Crippen LogP contribution in [0.1, 0.15) is 143 Å². The van der Waals surface area contributed by atoms with Gasteiger partial charge in [0.2, 0.25) is 11.8 Å². The van der Waals surface area contributed by atoms with Gasteiger partial charge >= 0.3 is 5.97 Å². The molecule has 4 aliphatic rings. The summed E-state index contributed by atoms with van der Waals surface area (Å²) in [6.45, 7) is 15.4. The lowest BCUT2D eigenvalue weighted by atomic mass is 9.83. The monoisotopic (exact) mass is 994 g/mol. The van der Waals surface area contributed by atoms with E-state index < -0.39 is 65.4 Å². The first-order valence-corrected chi connectivity index (χ1v) is 26.2. The third-order valence-corrected chi connectivity index (χ3v) is 15.8. The fraction of sp³-hybridized carbons (Fsp3) is 0.741. The first kappa shape index (κ1) is 57.3. The van der Waals surface area contributed by atoms with Crippen LogP contribution in [-0.2, 0) is 57.5 Å². The highest BCUT2D eigenvalue weighted by Crippen LogP contribution is 2.63. The minimum atomic E-state index is -0.913.